The number of amides is 1. The molecule has 1 aromatic rings. The topological polar surface area (TPSA) is 73.7 Å². The first kappa shape index (κ1) is 14.2. The minimum Gasteiger partial charge on any atom is -0.548 e. The van der Waals surface area contributed by atoms with Gasteiger partial charge in [0.1, 0.15) is 6.54 Å². The van der Waals surface area contributed by atoms with Crippen LogP contribution < -0.4 is 15.3 Å². The van der Waals surface area contributed by atoms with E-state index in [4.69, 9.17) is 0 Å². The number of carbonyl (C=O) groups is 2. The van der Waals surface area contributed by atoms with Gasteiger partial charge in [0, 0.05) is 5.56 Å². The third-order valence-corrected chi connectivity index (χ3v) is 2.56. The van der Waals surface area contributed by atoms with Crippen LogP contribution in [-0.2, 0) is 16.1 Å². The summed E-state index contributed by atoms with van der Waals surface area (Å²) < 4.78 is 0. The number of carboxylic acids is 1. The molecule has 0 saturated heterocycles. The normalized spacial score (nSPS) is 11.8. The summed E-state index contributed by atoms with van der Waals surface area (Å²) in [5.41, 5.74) is 1.21. The van der Waals surface area contributed by atoms with E-state index in [1.54, 1.807) is 0 Å². The van der Waals surface area contributed by atoms with Gasteiger partial charge < -0.3 is 20.1 Å². The number of carboxylic acid groups (broad SMARTS) is 1. The van der Waals surface area contributed by atoms with Gasteiger partial charge in [0.15, 0.2) is 0 Å². The van der Waals surface area contributed by atoms with E-state index >= 15 is 0 Å². The number of carbonyl (C=O) groups excluding carboxylic acids is 2. The highest BCUT2D eigenvalue weighted by molar-refractivity contribution is 5.80. The summed E-state index contributed by atoms with van der Waals surface area (Å²) in [6.45, 7) is 1.08. The van der Waals surface area contributed by atoms with Crippen LogP contribution in [-0.4, -0.2) is 32.0 Å². The van der Waals surface area contributed by atoms with Crippen molar-refractivity contribution in [3.63, 3.8) is 0 Å². The molecule has 1 atom stereocenters. The Bertz CT molecular complexity index is 392. The standard InChI is InChI=1S/C13H18N2O3/c1-15(10-11-5-3-2-4-6-11)8-7-12(16)14-9-13(17)18/h2-6H,7-10H2,1H3,(H,14,16)(H,17,18). The lowest BCUT2D eigenvalue weighted by Crippen LogP contribution is -3.07. The Hall–Kier alpha value is -1.88. The number of quaternary nitrogens is 1. The Kier molecular flexibility index (Phi) is 5.87. The highest BCUT2D eigenvalue weighted by atomic mass is 16.4. The van der Waals surface area contributed by atoms with Gasteiger partial charge in [0.25, 0.3) is 0 Å². The first-order valence-corrected chi connectivity index (χ1v) is 5.89. The first-order chi connectivity index (χ1) is 8.58. The number of nitrogens with one attached hydrogen (secondary N) is 2. The predicted molar refractivity (Wildman–Crippen MR) is 64.5 cm³/mol. The van der Waals surface area contributed by atoms with Gasteiger partial charge in [-0.3, -0.25) is 4.79 Å². The average molecular weight is 250 g/mol. The maximum absolute atomic E-state index is 11.3. The van der Waals surface area contributed by atoms with Gasteiger partial charge in [-0.1, -0.05) is 30.3 Å². The third-order valence-electron chi connectivity index (χ3n) is 2.56. The molecule has 0 saturated carbocycles. The van der Waals surface area contributed by atoms with Crippen molar-refractivity contribution in [2.45, 2.75) is 13.0 Å². The van der Waals surface area contributed by atoms with Crippen molar-refractivity contribution in [3.05, 3.63) is 35.9 Å². The molecular formula is C13H18N2O3. The zero-order valence-corrected chi connectivity index (χ0v) is 10.4. The summed E-state index contributed by atoms with van der Waals surface area (Å²) in [6, 6.07) is 10.0. The van der Waals surface area contributed by atoms with Crippen molar-refractivity contribution in [2.75, 3.05) is 20.1 Å². The summed E-state index contributed by atoms with van der Waals surface area (Å²) in [6.07, 6.45) is 0.311. The molecule has 0 radical (unpaired) electrons. The smallest absolute Gasteiger partial charge is 0.225 e. The Morgan fingerprint density at radius 1 is 1.28 bits per heavy atom. The van der Waals surface area contributed by atoms with Crippen molar-refractivity contribution in [3.8, 4) is 0 Å². The lowest BCUT2D eigenvalue weighted by atomic mass is 10.2. The summed E-state index contributed by atoms with van der Waals surface area (Å²) in [5, 5.41) is 12.4. The molecule has 1 unspecified atom stereocenters. The summed E-state index contributed by atoms with van der Waals surface area (Å²) >= 11 is 0. The van der Waals surface area contributed by atoms with Gasteiger partial charge in [-0.15, -0.1) is 0 Å². The molecule has 5 nitrogen and oxygen atoms in total. The van der Waals surface area contributed by atoms with Gasteiger partial charge in [-0.25, -0.2) is 0 Å². The van der Waals surface area contributed by atoms with Crippen molar-refractivity contribution in [2.24, 2.45) is 0 Å². The van der Waals surface area contributed by atoms with E-state index in [0.717, 1.165) is 6.54 Å². The van der Waals surface area contributed by atoms with Crippen LogP contribution in [0.3, 0.4) is 0 Å². The van der Waals surface area contributed by atoms with E-state index in [2.05, 4.69) is 5.32 Å². The molecule has 0 fully saturated rings. The first-order valence-electron chi connectivity index (χ1n) is 5.89. The van der Waals surface area contributed by atoms with Crippen molar-refractivity contribution >= 4 is 11.9 Å². The summed E-state index contributed by atoms with van der Waals surface area (Å²) in [4.78, 5) is 22.6. The number of benzene rings is 1. The summed E-state index contributed by atoms with van der Waals surface area (Å²) in [5.74, 6) is -1.53. The second-order valence-electron chi connectivity index (χ2n) is 4.27. The molecule has 18 heavy (non-hydrogen) atoms. The van der Waals surface area contributed by atoms with Gasteiger partial charge in [0.05, 0.1) is 32.5 Å². The Balaban J connectivity index is 2.22. The van der Waals surface area contributed by atoms with Crippen molar-refractivity contribution in [1.82, 2.24) is 5.32 Å². The minimum absolute atomic E-state index is 0.258. The Morgan fingerprint density at radius 3 is 2.56 bits per heavy atom. The van der Waals surface area contributed by atoms with Crippen molar-refractivity contribution < 1.29 is 19.6 Å². The molecule has 0 aliphatic rings. The Labute approximate surface area is 106 Å². The molecule has 98 valence electrons. The molecule has 0 heterocycles. The van der Waals surface area contributed by atoms with Crippen LogP contribution in [0.4, 0.5) is 0 Å². The lowest BCUT2D eigenvalue weighted by Gasteiger charge is -2.14. The van der Waals surface area contributed by atoms with E-state index in [0.29, 0.717) is 13.0 Å². The average Bonchev–Trinajstić information content (AvgIpc) is 2.35. The van der Waals surface area contributed by atoms with Gasteiger partial charge >= 0.3 is 0 Å². The highest BCUT2D eigenvalue weighted by Gasteiger charge is 2.07. The fourth-order valence-electron chi connectivity index (χ4n) is 1.62. The van der Waals surface area contributed by atoms with E-state index < -0.39 is 12.5 Å². The molecule has 0 bridgehead atoms. The van der Waals surface area contributed by atoms with Gasteiger partial charge in [-0.2, -0.15) is 0 Å². The van der Waals surface area contributed by atoms with Crippen LogP contribution in [0.2, 0.25) is 0 Å². The SMILES string of the molecule is C[NH+](CCC(=O)NCC(=O)[O-])Cc1ccccc1. The fourth-order valence-corrected chi connectivity index (χ4v) is 1.62. The molecule has 2 N–H and O–H groups in total. The van der Waals surface area contributed by atoms with Crippen LogP contribution in [0.15, 0.2) is 30.3 Å². The van der Waals surface area contributed by atoms with E-state index in [1.165, 1.54) is 10.5 Å². The van der Waals surface area contributed by atoms with Crippen LogP contribution in [0.25, 0.3) is 0 Å². The minimum atomic E-state index is -1.27. The number of aliphatic carboxylic acids is 1. The Morgan fingerprint density at radius 2 is 1.94 bits per heavy atom. The van der Waals surface area contributed by atoms with Crippen LogP contribution in [0.1, 0.15) is 12.0 Å². The second-order valence-corrected chi connectivity index (χ2v) is 4.27. The number of rotatable bonds is 7. The molecular weight excluding hydrogens is 232 g/mol. The molecule has 0 aromatic heterocycles. The monoisotopic (exact) mass is 250 g/mol. The van der Waals surface area contributed by atoms with Crippen molar-refractivity contribution in [1.29, 1.82) is 0 Å². The fraction of sp³-hybridized carbons (Fsp3) is 0.385. The zero-order chi connectivity index (χ0) is 13.4. The predicted octanol–water partition coefficient (Wildman–Crippen LogP) is -2.04. The maximum Gasteiger partial charge on any atom is 0.225 e. The van der Waals surface area contributed by atoms with E-state index in [-0.39, 0.29) is 5.91 Å². The van der Waals surface area contributed by atoms with Gasteiger partial charge in [0.2, 0.25) is 5.91 Å². The zero-order valence-electron chi connectivity index (χ0n) is 10.4. The molecule has 5 heteroatoms. The maximum atomic E-state index is 11.3. The highest BCUT2D eigenvalue weighted by Crippen LogP contribution is 1.94. The third kappa shape index (κ3) is 6.00. The van der Waals surface area contributed by atoms with Crippen LogP contribution in [0, 0.1) is 0 Å². The molecule has 0 aliphatic carbocycles. The molecule has 0 spiro atoms. The quantitative estimate of drug-likeness (QED) is 0.585. The van der Waals surface area contributed by atoms with E-state index in [9.17, 15) is 14.7 Å². The second kappa shape index (κ2) is 7.45. The number of hydrogen-bond acceptors (Lipinski definition) is 3. The molecule has 0 aliphatic heterocycles. The van der Waals surface area contributed by atoms with E-state index in [1.807, 2.05) is 37.4 Å². The molecule has 1 amide bonds. The largest absolute Gasteiger partial charge is 0.548 e. The lowest BCUT2D eigenvalue weighted by molar-refractivity contribution is -0.893. The molecule has 1 aromatic carbocycles. The van der Waals surface area contributed by atoms with Crippen LogP contribution >= 0.6 is 0 Å². The summed E-state index contributed by atoms with van der Waals surface area (Å²) in [7, 11) is 2.00. The van der Waals surface area contributed by atoms with Gasteiger partial charge in [-0.05, 0) is 0 Å². The molecule has 1 rings (SSSR count). The van der Waals surface area contributed by atoms with Crippen LogP contribution in [0.5, 0.6) is 0 Å². The number of hydrogen-bond donors (Lipinski definition) is 2.